The first-order chi connectivity index (χ1) is 13.2. The maximum Gasteiger partial charge on any atom is 0.191 e. The molecule has 3 N–H and O–H groups in total. The first kappa shape index (κ1) is 15.5. The number of anilines is 4. The summed E-state index contributed by atoms with van der Waals surface area (Å²) >= 11 is 0. The van der Waals surface area contributed by atoms with Gasteiger partial charge in [0.05, 0.1) is 30.1 Å². The summed E-state index contributed by atoms with van der Waals surface area (Å²) in [6, 6.07) is 10.2. The number of fused-ring (bicyclic) bond motifs is 2. The molecular weight excluding hydrogens is 342 g/mol. The van der Waals surface area contributed by atoms with E-state index in [2.05, 4.69) is 54.5 Å². The Bertz CT molecular complexity index is 1120. The number of hydrogen-bond donors (Lipinski definition) is 3. The van der Waals surface area contributed by atoms with Crippen molar-refractivity contribution in [3.8, 4) is 0 Å². The van der Waals surface area contributed by atoms with Gasteiger partial charge in [0.25, 0.3) is 0 Å². The van der Waals surface area contributed by atoms with Gasteiger partial charge in [-0.1, -0.05) is 12.1 Å². The minimum absolute atomic E-state index is 0.635. The summed E-state index contributed by atoms with van der Waals surface area (Å²) in [5.74, 6) is 2.07. The zero-order chi connectivity index (χ0) is 18.2. The molecule has 0 bridgehead atoms. The molecule has 0 aliphatic carbocycles. The largest absolute Gasteiger partial charge is 0.336 e. The number of hydrogen-bond acceptors (Lipinski definition) is 8. The van der Waals surface area contributed by atoms with Crippen molar-refractivity contribution in [3.05, 3.63) is 60.7 Å². The van der Waals surface area contributed by atoms with E-state index < -0.39 is 0 Å². The van der Waals surface area contributed by atoms with Gasteiger partial charge in [0.1, 0.15) is 0 Å². The average Bonchev–Trinajstić information content (AvgIpc) is 3.28. The molecule has 4 aromatic rings. The highest BCUT2D eigenvalue weighted by molar-refractivity contribution is 5.79. The molecule has 1 aliphatic rings. The van der Waals surface area contributed by atoms with Crippen LogP contribution in [0.3, 0.4) is 0 Å². The van der Waals surface area contributed by atoms with Crippen LogP contribution in [0.2, 0.25) is 0 Å². The Morgan fingerprint density at radius 1 is 1.15 bits per heavy atom. The van der Waals surface area contributed by atoms with Gasteiger partial charge in [-0.25, -0.2) is 9.97 Å². The quantitative estimate of drug-likeness (QED) is 0.511. The lowest BCUT2D eigenvalue weighted by atomic mass is 10.1. The van der Waals surface area contributed by atoms with Crippen LogP contribution in [0.1, 0.15) is 5.56 Å². The third-order valence-electron chi connectivity index (χ3n) is 4.30. The van der Waals surface area contributed by atoms with Gasteiger partial charge in [-0.2, -0.15) is 5.10 Å². The number of rotatable bonds is 4. The Labute approximate surface area is 155 Å². The Morgan fingerprint density at radius 2 is 2.11 bits per heavy atom. The molecule has 0 saturated heterocycles. The summed E-state index contributed by atoms with van der Waals surface area (Å²) in [4.78, 5) is 13.5. The molecule has 1 aliphatic heterocycles. The zero-order valence-electron chi connectivity index (χ0n) is 14.6. The third-order valence-corrected chi connectivity index (χ3v) is 4.30. The van der Waals surface area contributed by atoms with Gasteiger partial charge in [0.15, 0.2) is 17.5 Å². The van der Waals surface area contributed by atoms with E-state index in [4.69, 9.17) is 0 Å². The third kappa shape index (κ3) is 3.00. The van der Waals surface area contributed by atoms with Crippen LogP contribution >= 0.6 is 0 Å². The second-order valence-electron chi connectivity index (χ2n) is 6.31. The van der Waals surface area contributed by atoms with Crippen molar-refractivity contribution in [1.29, 1.82) is 0 Å². The molecular formula is C18H17N9. The fourth-order valence-corrected chi connectivity index (χ4v) is 3.04. The highest BCUT2D eigenvalue weighted by Gasteiger charge is 2.22. The summed E-state index contributed by atoms with van der Waals surface area (Å²) in [6.07, 6.45) is 7.11. The first-order valence-electron chi connectivity index (χ1n) is 8.50. The second-order valence-corrected chi connectivity index (χ2v) is 6.31. The van der Waals surface area contributed by atoms with Crippen LogP contribution in [0.15, 0.2) is 55.1 Å². The summed E-state index contributed by atoms with van der Waals surface area (Å²) < 4.78 is 1.73. The molecule has 0 radical (unpaired) electrons. The highest BCUT2D eigenvalue weighted by atomic mass is 15.7. The predicted molar refractivity (Wildman–Crippen MR) is 103 cm³/mol. The number of nitrogens with zero attached hydrogens (tertiary/aromatic N) is 6. The zero-order valence-corrected chi connectivity index (χ0v) is 14.6. The lowest BCUT2D eigenvalue weighted by Gasteiger charge is -2.17. The number of aromatic nitrogens is 5. The predicted octanol–water partition coefficient (Wildman–Crippen LogP) is 2.35. The van der Waals surface area contributed by atoms with Crippen LogP contribution in [-0.4, -0.2) is 24.7 Å². The van der Waals surface area contributed by atoms with E-state index in [1.807, 2.05) is 30.4 Å². The van der Waals surface area contributed by atoms with Crippen molar-refractivity contribution in [3.63, 3.8) is 0 Å². The smallest absolute Gasteiger partial charge is 0.191 e. The average molecular weight is 359 g/mol. The van der Waals surface area contributed by atoms with Crippen molar-refractivity contribution in [2.75, 3.05) is 15.8 Å². The maximum absolute atomic E-state index is 4.68. The van der Waals surface area contributed by atoms with E-state index in [9.17, 15) is 0 Å². The molecule has 0 unspecified atom stereocenters. The number of hydrazine groups is 2. The SMILES string of the molecule is Cn1cc(Nc2cnc3c(n2)N(Cc2ccc4ncccc4c2)NN3)cn1. The first-order valence-corrected chi connectivity index (χ1v) is 8.50. The lowest BCUT2D eigenvalue weighted by Crippen LogP contribution is -2.35. The lowest BCUT2D eigenvalue weighted by molar-refractivity contribution is 0.717. The normalized spacial score (nSPS) is 12.9. The molecule has 1 aromatic carbocycles. The van der Waals surface area contributed by atoms with Crippen molar-refractivity contribution >= 4 is 34.0 Å². The molecule has 0 atom stereocenters. The molecule has 0 fully saturated rings. The molecule has 3 aromatic heterocycles. The number of benzene rings is 1. The topological polar surface area (TPSA) is 95.8 Å². The Balaban J connectivity index is 1.40. The molecule has 5 rings (SSSR count). The van der Waals surface area contributed by atoms with E-state index in [-0.39, 0.29) is 0 Å². The van der Waals surface area contributed by atoms with Gasteiger partial charge in [0.2, 0.25) is 0 Å². The van der Waals surface area contributed by atoms with Crippen molar-refractivity contribution < 1.29 is 0 Å². The van der Waals surface area contributed by atoms with Crippen LogP contribution < -0.4 is 21.3 Å². The van der Waals surface area contributed by atoms with Crippen LogP contribution in [0.4, 0.5) is 23.1 Å². The van der Waals surface area contributed by atoms with E-state index in [1.54, 1.807) is 23.3 Å². The van der Waals surface area contributed by atoms with Gasteiger partial charge in [-0.15, -0.1) is 5.53 Å². The molecule has 0 amide bonds. The van der Waals surface area contributed by atoms with Gasteiger partial charge in [-0.3, -0.25) is 20.1 Å². The minimum atomic E-state index is 0.635. The second kappa shape index (κ2) is 6.22. The van der Waals surface area contributed by atoms with Gasteiger partial charge in [-0.05, 0) is 23.8 Å². The van der Waals surface area contributed by atoms with Crippen LogP contribution in [-0.2, 0) is 13.6 Å². The molecule has 27 heavy (non-hydrogen) atoms. The highest BCUT2D eigenvalue weighted by Crippen LogP contribution is 2.28. The maximum atomic E-state index is 4.68. The fourth-order valence-electron chi connectivity index (χ4n) is 3.04. The van der Waals surface area contributed by atoms with Crippen molar-refractivity contribution in [2.24, 2.45) is 7.05 Å². The van der Waals surface area contributed by atoms with Crippen LogP contribution in [0.5, 0.6) is 0 Å². The number of aryl methyl sites for hydroxylation is 1. The summed E-state index contributed by atoms with van der Waals surface area (Å²) in [5, 5.41) is 10.4. The monoisotopic (exact) mass is 359 g/mol. The summed E-state index contributed by atoms with van der Waals surface area (Å²) in [5.41, 5.74) is 9.15. The van der Waals surface area contributed by atoms with Crippen LogP contribution in [0, 0.1) is 0 Å². The van der Waals surface area contributed by atoms with Crippen molar-refractivity contribution in [1.82, 2.24) is 30.3 Å². The molecule has 0 spiro atoms. The minimum Gasteiger partial charge on any atom is -0.336 e. The van der Waals surface area contributed by atoms with E-state index in [0.717, 1.165) is 28.0 Å². The molecule has 4 heterocycles. The molecule has 134 valence electrons. The van der Waals surface area contributed by atoms with E-state index >= 15 is 0 Å². The van der Waals surface area contributed by atoms with Gasteiger partial charge < -0.3 is 5.32 Å². The Kier molecular flexibility index (Phi) is 3.58. The van der Waals surface area contributed by atoms with E-state index in [0.29, 0.717) is 18.2 Å². The number of nitrogens with one attached hydrogen (secondary N) is 3. The fraction of sp³-hybridized carbons (Fsp3) is 0.111. The summed E-state index contributed by atoms with van der Waals surface area (Å²) in [7, 11) is 1.87. The van der Waals surface area contributed by atoms with Crippen LogP contribution in [0.25, 0.3) is 10.9 Å². The Morgan fingerprint density at radius 3 is 3.00 bits per heavy atom. The molecule has 9 nitrogen and oxygen atoms in total. The van der Waals surface area contributed by atoms with Gasteiger partial charge in [0, 0.05) is 24.8 Å². The van der Waals surface area contributed by atoms with Crippen molar-refractivity contribution in [2.45, 2.75) is 6.54 Å². The standard InChI is InChI=1S/C18H17N9/c1-26-11-14(8-21-26)22-16-9-20-17-18(23-16)27(25-24-17)10-12-4-5-15-13(7-12)3-2-6-19-15/h2-9,11,25H,10H2,1H3,(H,20,24)(H,22,23). The molecule has 0 saturated carbocycles. The Hall–Kier alpha value is -3.72. The summed E-state index contributed by atoms with van der Waals surface area (Å²) in [6.45, 7) is 0.635. The molecule has 9 heteroatoms. The van der Waals surface area contributed by atoms with E-state index in [1.165, 1.54) is 0 Å². The van der Waals surface area contributed by atoms with Gasteiger partial charge >= 0.3 is 0 Å². The number of pyridine rings is 1.